The zero-order valence-electron chi connectivity index (χ0n) is 15.7. The molecule has 0 radical (unpaired) electrons. The van der Waals surface area contributed by atoms with Gasteiger partial charge in [-0.05, 0) is 25.5 Å². The Kier molecular flexibility index (Phi) is 5.07. The van der Waals surface area contributed by atoms with E-state index in [4.69, 9.17) is 4.74 Å². The van der Waals surface area contributed by atoms with Gasteiger partial charge in [-0.3, -0.25) is 9.59 Å². The van der Waals surface area contributed by atoms with E-state index in [0.717, 1.165) is 12.8 Å². The van der Waals surface area contributed by atoms with Gasteiger partial charge in [-0.1, -0.05) is 13.3 Å². The number of aryl methyl sites for hydroxylation is 1. The fraction of sp³-hybridized carbons (Fsp3) is 0.632. The molecule has 0 aliphatic carbocycles. The Morgan fingerprint density at radius 3 is 2.65 bits per heavy atom. The van der Waals surface area contributed by atoms with E-state index in [2.05, 4.69) is 6.92 Å². The van der Waals surface area contributed by atoms with Gasteiger partial charge in [-0.2, -0.15) is 0 Å². The summed E-state index contributed by atoms with van der Waals surface area (Å²) in [5.74, 6) is -0.249. The van der Waals surface area contributed by atoms with Crippen molar-refractivity contribution in [1.29, 1.82) is 0 Å². The molecule has 2 aliphatic heterocycles. The van der Waals surface area contributed by atoms with Crippen molar-refractivity contribution in [1.82, 2.24) is 14.4 Å². The van der Waals surface area contributed by atoms with Gasteiger partial charge in [0.25, 0.3) is 11.5 Å². The molecule has 2 saturated heterocycles. The fourth-order valence-electron chi connectivity index (χ4n) is 3.87. The molecule has 7 nitrogen and oxygen atoms in total. The maximum Gasteiger partial charge on any atom is 0.410 e. The molecule has 0 aromatic carbocycles. The average Bonchev–Trinajstić information content (AvgIpc) is 2.94. The highest BCUT2D eigenvalue weighted by Crippen LogP contribution is 2.35. The number of carbonyl (C=O) groups is 2. The first-order valence-electron chi connectivity index (χ1n) is 9.31. The third-order valence-electron chi connectivity index (χ3n) is 5.55. The van der Waals surface area contributed by atoms with Crippen LogP contribution >= 0.6 is 0 Å². The summed E-state index contributed by atoms with van der Waals surface area (Å²) in [4.78, 5) is 40.6. The molecule has 1 aromatic rings. The SMILES string of the molecule is CCC[C@H](C)N1CC2(CCN(C(=O)c3cccn(C)c3=O)CC2)OC1=O. The zero-order chi connectivity index (χ0) is 18.9. The Labute approximate surface area is 153 Å². The molecule has 1 aromatic heterocycles. The Morgan fingerprint density at radius 1 is 1.31 bits per heavy atom. The van der Waals surface area contributed by atoms with E-state index in [1.165, 1.54) is 4.57 Å². The Hall–Kier alpha value is -2.31. The maximum absolute atomic E-state index is 12.7. The van der Waals surface area contributed by atoms with E-state index in [9.17, 15) is 14.4 Å². The van der Waals surface area contributed by atoms with Crippen molar-refractivity contribution < 1.29 is 14.3 Å². The highest BCUT2D eigenvalue weighted by atomic mass is 16.6. The number of likely N-dealkylation sites (tertiary alicyclic amines) is 1. The van der Waals surface area contributed by atoms with Crippen LogP contribution in [0.4, 0.5) is 4.79 Å². The van der Waals surface area contributed by atoms with Crippen LogP contribution in [0.5, 0.6) is 0 Å². The molecule has 2 fully saturated rings. The van der Waals surface area contributed by atoms with Crippen LogP contribution in [0.15, 0.2) is 23.1 Å². The third kappa shape index (κ3) is 3.34. The van der Waals surface area contributed by atoms with Crippen LogP contribution in [0, 0.1) is 0 Å². The molecule has 1 spiro atoms. The maximum atomic E-state index is 12.7. The van der Waals surface area contributed by atoms with Crippen LogP contribution in [0.2, 0.25) is 0 Å². The normalized spacial score (nSPS) is 20.3. The fourth-order valence-corrected chi connectivity index (χ4v) is 3.87. The number of pyridine rings is 1. The Balaban J connectivity index is 1.66. The molecule has 7 heteroatoms. The van der Waals surface area contributed by atoms with Crippen molar-refractivity contribution in [2.75, 3.05) is 19.6 Å². The number of amides is 2. The molecule has 3 rings (SSSR count). The van der Waals surface area contributed by atoms with Gasteiger partial charge < -0.3 is 19.1 Å². The molecular weight excluding hydrogens is 334 g/mol. The van der Waals surface area contributed by atoms with E-state index >= 15 is 0 Å². The lowest BCUT2D eigenvalue weighted by atomic mass is 9.90. The smallest absolute Gasteiger partial charge is 0.410 e. The van der Waals surface area contributed by atoms with Crippen LogP contribution in [0.25, 0.3) is 0 Å². The van der Waals surface area contributed by atoms with Gasteiger partial charge in [-0.25, -0.2) is 4.79 Å². The monoisotopic (exact) mass is 361 g/mol. The number of hydrogen-bond acceptors (Lipinski definition) is 4. The number of ether oxygens (including phenoxy) is 1. The molecule has 2 aliphatic rings. The molecule has 0 N–H and O–H groups in total. The molecule has 0 saturated carbocycles. The van der Waals surface area contributed by atoms with Gasteiger partial charge in [-0.15, -0.1) is 0 Å². The van der Waals surface area contributed by atoms with Crippen molar-refractivity contribution in [3.8, 4) is 0 Å². The van der Waals surface area contributed by atoms with E-state index < -0.39 is 5.60 Å². The first kappa shape index (κ1) is 18.5. The summed E-state index contributed by atoms with van der Waals surface area (Å²) >= 11 is 0. The number of hydrogen-bond donors (Lipinski definition) is 0. The molecule has 0 bridgehead atoms. The van der Waals surface area contributed by atoms with Gasteiger partial charge >= 0.3 is 6.09 Å². The standard InChI is InChI=1S/C19H27N3O4/c1-4-6-14(2)22-13-19(26-18(22)25)8-11-21(12-9-19)17(24)15-7-5-10-20(3)16(15)23/h5,7,10,14H,4,6,8-9,11-13H2,1-3H3/t14-/m0/s1. The second-order valence-electron chi connectivity index (χ2n) is 7.45. The van der Waals surface area contributed by atoms with Crippen molar-refractivity contribution in [3.05, 3.63) is 34.2 Å². The molecular formula is C19H27N3O4. The summed E-state index contributed by atoms with van der Waals surface area (Å²) in [6, 6.07) is 3.43. The summed E-state index contributed by atoms with van der Waals surface area (Å²) < 4.78 is 7.14. The molecule has 3 heterocycles. The average molecular weight is 361 g/mol. The Morgan fingerprint density at radius 2 is 2.00 bits per heavy atom. The van der Waals surface area contributed by atoms with Crippen LogP contribution in [-0.2, 0) is 11.8 Å². The van der Waals surface area contributed by atoms with E-state index in [1.807, 2.05) is 11.8 Å². The molecule has 0 unspecified atom stereocenters. The minimum atomic E-state index is -0.502. The minimum absolute atomic E-state index is 0.166. The molecule has 142 valence electrons. The Bertz CT molecular complexity index is 749. The van der Waals surface area contributed by atoms with Gasteiger partial charge in [0, 0.05) is 45.2 Å². The first-order chi connectivity index (χ1) is 12.4. The summed E-state index contributed by atoms with van der Waals surface area (Å²) in [7, 11) is 1.63. The van der Waals surface area contributed by atoms with Gasteiger partial charge in [0.05, 0.1) is 6.54 Å². The molecule has 26 heavy (non-hydrogen) atoms. The van der Waals surface area contributed by atoms with Crippen LogP contribution in [0.1, 0.15) is 49.9 Å². The lowest BCUT2D eigenvalue weighted by Gasteiger charge is -2.37. The first-order valence-corrected chi connectivity index (χ1v) is 9.31. The number of nitrogens with zero attached hydrogens (tertiary/aromatic N) is 3. The van der Waals surface area contributed by atoms with Gasteiger partial charge in [0.1, 0.15) is 11.2 Å². The lowest BCUT2D eigenvalue weighted by Crippen LogP contribution is -2.50. The second-order valence-corrected chi connectivity index (χ2v) is 7.45. The summed E-state index contributed by atoms with van der Waals surface area (Å²) in [6.45, 7) is 5.71. The topological polar surface area (TPSA) is 71.8 Å². The summed E-state index contributed by atoms with van der Waals surface area (Å²) in [6.07, 6.45) is 4.57. The van der Waals surface area contributed by atoms with E-state index in [0.29, 0.717) is 32.5 Å². The predicted octanol–water partition coefficient (Wildman–Crippen LogP) is 2.00. The van der Waals surface area contributed by atoms with Gasteiger partial charge in [0.15, 0.2) is 0 Å². The molecule has 1 atom stereocenters. The van der Waals surface area contributed by atoms with Gasteiger partial charge in [0.2, 0.25) is 0 Å². The zero-order valence-corrected chi connectivity index (χ0v) is 15.7. The van der Waals surface area contributed by atoms with Crippen molar-refractivity contribution in [2.45, 2.75) is 51.2 Å². The van der Waals surface area contributed by atoms with Crippen molar-refractivity contribution >= 4 is 12.0 Å². The van der Waals surface area contributed by atoms with Crippen molar-refractivity contribution in [2.24, 2.45) is 7.05 Å². The summed E-state index contributed by atoms with van der Waals surface area (Å²) in [5.41, 5.74) is -0.602. The second kappa shape index (κ2) is 7.13. The minimum Gasteiger partial charge on any atom is -0.441 e. The van der Waals surface area contributed by atoms with E-state index in [1.54, 1.807) is 30.3 Å². The highest BCUT2D eigenvalue weighted by Gasteiger charge is 2.48. The molecule has 2 amide bonds. The van der Waals surface area contributed by atoms with Crippen LogP contribution in [-0.4, -0.2) is 57.6 Å². The number of aromatic nitrogens is 1. The predicted molar refractivity (Wildman–Crippen MR) is 97.1 cm³/mol. The number of rotatable bonds is 4. The van der Waals surface area contributed by atoms with Crippen LogP contribution < -0.4 is 5.56 Å². The van der Waals surface area contributed by atoms with E-state index in [-0.39, 0.29) is 29.2 Å². The highest BCUT2D eigenvalue weighted by molar-refractivity contribution is 5.93. The van der Waals surface area contributed by atoms with Crippen LogP contribution in [0.3, 0.4) is 0 Å². The lowest BCUT2D eigenvalue weighted by molar-refractivity contribution is 0.00300. The number of piperidine rings is 1. The number of carbonyl (C=O) groups excluding carboxylic acids is 2. The third-order valence-corrected chi connectivity index (χ3v) is 5.55. The van der Waals surface area contributed by atoms with Crippen molar-refractivity contribution in [3.63, 3.8) is 0 Å². The summed E-state index contributed by atoms with van der Waals surface area (Å²) in [5, 5.41) is 0. The quantitative estimate of drug-likeness (QED) is 0.822. The largest absolute Gasteiger partial charge is 0.441 e.